The molecule has 0 aliphatic heterocycles. The van der Waals surface area contributed by atoms with Crippen LogP contribution < -0.4 is 11.1 Å². The Morgan fingerprint density at radius 3 is 2.67 bits per heavy atom. The van der Waals surface area contributed by atoms with Crippen LogP contribution in [0.2, 0.25) is 0 Å². The number of anilines is 2. The van der Waals surface area contributed by atoms with Crippen LogP contribution >= 0.6 is 22.6 Å². The molecule has 1 aromatic rings. The topological polar surface area (TPSA) is 47.3 Å². The summed E-state index contributed by atoms with van der Waals surface area (Å²) in [5.74, 6) is 0. The summed E-state index contributed by atoms with van der Waals surface area (Å²) in [5, 5.41) is 3.36. The number of hydrogen-bond donors (Lipinski definition) is 2. The van der Waals surface area contributed by atoms with E-state index in [0.29, 0.717) is 6.61 Å². The van der Waals surface area contributed by atoms with Crippen LogP contribution in [0.5, 0.6) is 0 Å². The first-order valence-electron chi connectivity index (χ1n) is 4.77. The van der Waals surface area contributed by atoms with E-state index in [9.17, 15) is 0 Å². The third-order valence-corrected chi connectivity index (χ3v) is 2.66. The fourth-order valence-corrected chi connectivity index (χ4v) is 1.92. The van der Waals surface area contributed by atoms with E-state index in [-0.39, 0.29) is 5.54 Å². The predicted molar refractivity (Wildman–Crippen MR) is 73.1 cm³/mol. The highest BCUT2D eigenvalue weighted by molar-refractivity contribution is 14.1. The molecule has 0 saturated carbocycles. The van der Waals surface area contributed by atoms with Crippen molar-refractivity contribution in [3.05, 3.63) is 21.8 Å². The Morgan fingerprint density at radius 2 is 2.13 bits per heavy atom. The van der Waals surface area contributed by atoms with Gasteiger partial charge in [-0.25, -0.2) is 0 Å². The van der Waals surface area contributed by atoms with Gasteiger partial charge in [0.25, 0.3) is 0 Å². The van der Waals surface area contributed by atoms with Crippen molar-refractivity contribution in [1.82, 2.24) is 0 Å². The monoisotopic (exact) mass is 320 g/mol. The molecule has 0 amide bonds. The van der Waals surface area contributed by atoms with E-state index in [4.69, 9.17) is 10.5 Å². The zero-order chi connectivity index (χ0) is 11.5. The molecule has 0 aliphatic rings. The van der Waals surface area contributed by atoms with Crippen LogP contribution in [-0.4, -0.2) is 19.3 Å². The normalized spacial score (nSPS) is 11.5. The van der Waals surface area contributed by atoms with Gasteiger partial charge in [-0.15, -0.1) is 0 Å². The lowest BCUT2D eigenvalue weighted by Crippen LogP contribution is -2.36. The number of nitrogen functional groups attached to an aromatic ring is 1. The van der Waals surface area contributed by atoms with E-state index >= 15 is 0 Å². The summed E-state index contributed by atoms with van der Waals surface area (Å²) < 4.78 is 6.28. The number of nitrogens with two attached hydrogens (primary N) is 1. The molecule has 0 radical (unpaired) electrons. The molecule has 3 N–H and O–H groups in total. The van der Waals surface area contributed by atoms with Gasteiger partial charge in [0.2, 0.25) is 0 Å². The molecule has 1 aromatic carbocycles. The van der Waals surface area contributed by atoms with Gasteiger partial charge in [0, 0.05) is 10.7 Å². The van der Waals surface area contributed by atoms with Gasteiger partial charge in [-0.1, -0.05) is 0 Å². The molecule has 0 aromatic heterocycles. The van der Waals surface area contributed by atoms with Crippen LogP contribution in [-0.2, 0) is 4.74 Å². The highest BCUT2D eigenvalue weighted by Crippen LogP contribution is 2.24. The van der Waals surface area contributed by atoms with Crippen molar-refractivity contribution >= 4 is 34.0 Å². The second-order valence-corrected chi connectivity index (χ2v) is 5.42. The van der Waals surface area contributed by atoms with E-state index in [1.165, 1.54) is 0 Å². The number of halogens is 1. The van der Waals surface area contributed by atoms with Crippen molar-refractivity contribution in [3.8, 4) is 0 Å². The molecule has 0 spiro atoms. The van der Waals surface area contributed by atoms with E-state index in [0.717, 1.165) is 14.9 Å². The Kier molecular flexibility index (Phi) is 4.21. The van der Waals surface area contributed by atoms with Crippen LogP contribution in [0.15, 0.2) is 18.2 Å². The van der Waals surface area contributed by atoms with Gasteiger partial charge in [-0.05, 0) is 54.6 Å². The molecule has 0 atom stereocenters. The van der Waals surface area contributed by atoms with Gasteiger partial charge in [0.15, 0.2) is 0 Å². The Morgan fingerprint density at radius 1 is 1.47 bits per heavy atom. The number of rotatable bonds is 4. The summed E-state index contributed by atoms with van der Waals surface area (Å²) in [4.78, 5) is 0. The first-order valence-corrected chi connectivity index (χ1v) is 5.84. The molecule has 0 saturated heterocycles. The van der Waals surface area contributed by atoms with Crippen LogP contribution in [0.25, 0.3) is 0 Å². The molecule has 0 fully saturated rings. The summed E-state index contributed by atoms with van der Waals surface area (Å²) in [6.07, 6.45) is 0. The minimum absolute atomic E-state index is 0.115. The predicted octanol–water partition coefficient (Wildman–Crippen LogP) is 2.71. The number of methoxy groups -OCH3 is 1. The molecule has 3 nitrogen and oxygen atoms in total. The number of hydrogen-bond acceptors (Lipinski definition) is 3. The maximum absolute atomic E-state index is 5.92. The third kappa shape index (κ3) is 3.87. The fourth-order valence-electron chi connectivity index (χ4n) is 1.41. The van der Waals surface area contributed by atoms with Crippen molar-refractivity contribution in [3.63, 3.8) is 0 Å². The molecule has 0 unspecified atom stereocenters. The van der Waals surface area contributed by atoms with E-state index in [2.05, 4.69) is 41.8 Å². The molecule has 84 valence electrons. The summed E-state index contributed by atoms with van der Waals surface area (Å²) in [6.45, 7) is 4.79. The van der Waals surface area contributed by atoms with Gasteiger partial charge in [-0.3, -0.25) is 0 Å². The van der Waals surface area contributed by atoms with Crippen LogP contribution in [0.4, 0.5) is 11.4 Å². The van der Waals surface area contributed by atoms with Crippen LogP contribution in [0, 0.1) is 3.57 Å². The highest BCUT2D eigenvalue weighted by atomic mass is 127. The Bertz CT molecular complexity index is 339. The van der Waals surface area contributed by atoms with Crippen LogP contribution in [0.3, 0.4) is 0 Å². The first kappa shape index (κ1) is 12.6. The Labute approximate surface area is 105 Å². The first-order chi connectivity index (χ1) is 6.94. The molecule has 0 heterocycles. The smallest absolute Gasteiger partial charge is 0.0687 e. The largest absolute Gasteiger partial charge is 0.397 e. The summed E-state index contributed by atoms with van der Waals surface area (Å²) in [5.41, 5.74) is 7.53. The van der Waals surface area contributed by atoms with Crippen molar-refractivity contribution in [2.45, 2.75) is 19.4 Å². The minimum atomic E-state index is -0.115. The van der Waals surface area contributed by atoms with Crippen molar-refractivity contribution in [1.29, 1.82) is 0 Å². The third-order valence-electron chi connectivity index (χ3n) is 1.99. The minimum Gasteiger partial charge on any atom is -0.397 e. The number of ether oxygens (including phenoxy) is 1. The molecule has 15 heavy (non-hydrogen) atoms. The number of nitrogens with one attached hydrogen (secondary N) is 1. The fraction of sp³-hybridized carbons (Fsp3) is 0.455. The van der Waals surface area contributed by atoms with Crippen LogP contribution in [0.1, 0.15) is 13.8 Å². The molecular weight excluding hydrogens is 303 g/mol. The SMILES string of the molecule is COCC(C)(C)Nc1ccc(I)cc1N. The van der Waals surface area contributed by atoms with Gasteiger partial charge in [-0.2, -0.15) is 0 Å². The molecular formula is C11H17IN2O. The van der Waals surface area contributed by atoms with E-state index in [1.807, 2.05) is 18.2 Å². The molecule has 4 heteroatoms. The van der Waals surface area contributed by atoms with Gasteiger partial charge < -0.3 is 15.8 Å². The lowest BCUT2D eigenvalue weighted by atomic mass is 10.1. The molecule has 0 bridgehead atoms. The molecule has 0 aliphatic carbocycles. The maximum Gasteiger partial charge on any atom is 0.0687 e. The van der Waals surface area contributed by atoms with Gasteiger partial charge in [0.05, 0.1) is 23.5 Å². The van der Waals surface area contributed by atoms with Crippen molar-refractivity contribution < 1.29 is 4.74 Å². The molecule has 1 rings (SSSR count). The zero-order valence-corrected chi connectivity index (χ0v) is 11.5. The second kappa shape index (κ2) is 5.03. The lowest BCUT2D eigenvalue weighted by molar-refractivity contribution is 0.158. The standard InChI is InChI=1S/C11H17IN2O/c1-11(2,7-15-3)14-10-5-4-8(12)6-9(10)13/h4-6,14H,7,13H2,1-3H3. The van der Waals surface area contributed by atoms with Crippen molar-refractivity contribution in [2.75, 3.05) is 24.8 Å². The average molecular weight is 320 g/mol. The Balaban J connectivity index is 2.80. The average Bonchev–Trinajstić information content (AvgIpc) is 2.09. The van der Waals surface area contributed by atoms with Gasteiger partial charge >= 0.3 is 0 Å². The van der Waals surface area contributed by atoms with E-state index < -0.39 is 0 Å². The lowest BCUT2D eigenvalue weighted by Gasteiger charge is -2.27. The second-order valence-electron chi connectivity index (χ2n) is 4.17. The Hall–Kier alpha value is -0.490. The zero-order valence-electron chi connectivity index (χ0n) is 9.30. The highest BCUT2D eigenvalue weighted by Gasteiger charge is 2.17. The maximum atomic E-state index is 5.92. The summed E-state index contributed by atoms with van der Waals surface area (Å²) in [6, 6.07) is 5.97. The van der Waals surface area contributed by atoms with Crippen molar-refractivity contribution in [2.24, 2.45) is 0 Å². The summed E-state index contributed by atoms with van der Waals surface area (Å²) in [7, 11) is 1.70. The van der Waals surface area contributed by atoms with Gasteiger partial charge in [0.1, 0.15) is 0 Å². The van der Waals surface area contributed by atoms with E-state index in [1.54, 1.807) is 7.11 Å². The number of benzene rings is 1. The summed E-state index contributed by atoms with van der Waals surface area (Å²) >= 11 is 2.24. The quantitative estimate of drug-likeness (QED) is 0.662.